The van der Waals surface area contributed by atoms with Gasteiger partial charge in [0.2, 0.25) is 0 Å². The van der Waals surface area contributed by atoms with Crippen molar-refractivity contribution in [3.8, 4) is 5.75 Å². The average Bonchev–Trinajstić information content (AvgIpc) is 3.29. The highest BCUT2D eigenvalue weighted by Crippen LogP contribution is 2.43. The lowest BCUT2D eigenvalue weighted by Crippen LogP contribution is -2.45. The van der Waals surface area contributed by atoms with Crippen LogP contribution in [0.25, 0.3) is 0 Å². The minimum Gasteiger partial charge on any atom is -0.508 e. The SMILES string of the molecule is Cl.Cl.Oc1ccc(C(F)(F)F)cc1[C@H](CC1CC1)N1CCNCC1. The first-order chi connectivity index (χ1) is 10.4. The first-order valence-corrected chi connectivity index (χ1v) is 7.80. The van der Waals surface area contributed by atoms with Crippen molar-refractivity contribution in [3.63, 3.8) is 0 Å². The van der Waals surface area contributed by atoms with E-state index in [9.17, 15) is 18.3 Å². The van der Waals surface area contributed by atoms with Crippen LogP contribution in [0.3, 0.4) is 0 Å². The van der Waals surface area contributed by atoms with E-state index in [1.54, 1.807) is 0 Å². The van der Waals surface area contributed by atoms with Crippen LogP contribution in [0.2, 0.25) is 0 Å². The summed E-state index contributed by atoms with van der Waals surface area (Å²) in [6, 6.07) is 3.13. The fourth-order valence-corrected chi connectivity index (χ4v) is 3.13. The third-order valence-electron chi connectivity index (χ3n) is 4.56. The van der Waals surface area contributed by atoms with Gasteiger partial charge < -0.3 is 10.4 Å². The van der Waals surface area contributed by atoms with Crippen molar-refractivity contribution in [1.82, 2.24) is 10.2 Å². The molecule has 2 fully saturated rings. The molecule has 0 radical (unpaired) electrons. The predicted molar refractivity (Wildman–Crippen MR) is 92.1 cm³/mol. The fraction of sp³-hybridized carbons (Fsp3) is 0.625. The lowest BCUT2D eigenvalue weighted by Gasteiger charge is -2.36. The van der Waals surface area contributed by atoms with E-state index in [2.05, 4.69) is 10.2 Å². The maximum atomic E-state index is 13.0. The second-order valence-electron chi connectivity index (χ2n) is 6.25. The van der Waals surface area contributed by atoms with Crippen molar-refractivity contribution in [2.24, 2.45) is 5.92 Å². The third kappa shape index (κ3) is 5.15. The number of halogens is 5. The summed E-state index contributed by atoms with van der Waals surface area (Å²) in [4.78, 5) is 2.20. The summed E-state index contributed by atoms with van der Waals surface area (Å²) in [6.07, 6.45) is -1.27. The minimum atomic E-state index is -4.38. The van der Waals surface area contributed by atoms with Crippen molar-refractivity contribution in [2.75, 3.05) is 26.2 Å². The molecule has 2 aliphatic rings. The van der Waals surface area contributed by atoms with E-state index in [1.807, 2.05) is 0 Å². The van der Waals surface area contributed by atoms with Crippen LogP contribution >= 0.6 is 24.8 Å². The smallest absolute Gasteiger partial charge is 0.416 e. The number of nitrogens with one attached hydrogen (secondary N) is 1. The highest BCUT2D eigenvalue weighted by Gasteiger charge is 2.35. The van der Waals surface area contributed by atoms with Crippen LogP contribution in [-0.2, 0) is 6.18 Å². The van der Waals surface area contributed by atoms with E-state index in [0.717, 1.165) is 57.6 Å². The van der Waals surface area contributed by atoms with Gasteiger partial charge in [-0.2, -0.15) is 13.2 Å². The van der Waals surface area contributed by atoms with Crippen LogP contribution in [-0.4, -0.2) is 36.2 Å². The molecule has 0 spiro atoms. The molecule has 1 aliphatic heterocycles. The molecule has 1 saturated heterocycles. The van der Waals surface area contributed by atoms with Gasteiger partial charge in [0.1, 0.15) is 5.75 Å². The largest absolute Gasteiger partial charge is 0.508 e. The van der Waals surface area contributed by atoms with Crippen molar-refractivity contribution in [1.29, 1.82) is 0 Å². The second kappa shape index (κ2) is 8.61. The number of phenolic OH excluding ortho intramolecular Hbond substituents is 1. The molecule has 0 aromatic heterocycles. The Balaban J connectivity index is 0.00000144. The van der Waals surface area contributed by atoms with E-state index in [-0.39, 0.29) is 36.6 Å². The number of nitrogens with zero attached hydrogens (tertiary/aromatic N) is 1. The molecule has 1 aromatic carbocycles. The Hall–Kier alpha value is -0.690. The van der Waals surface area contributed by atoms with Crippen LogP contribution in [0.4, 0.5) is 13.2 Å². The highest BCUT2D eigenvalue weighted by atomic mass is 35.5. The summed E-state index contributed by atoms with van der Waals surface area (Å²) in [5.74, 6) is 0.547. The van der Waals surface area contributed by atoms with Crippen molar-refractivity contribution in [2.45, 2.75) is 31.5 Å². The van der Waals surface area contributed by atoms with E-state index in [0.29, 0.717) is 11.5 Å². The van der Waals surface area contributed by atoms with Crippen molar-refractivity contribution >= 4 is 24.8 Å². The molecule has 3 nitrogen and oxygen atoms in total. The molecule has 8 heteroatoms. The van der Waals surface area contributed by atoms with Gasteiger partial charge in [-0.15, -0.1) is 24.8 Å². The maximum Gasteiger partial charge on any atom is 0.416 e. The monoisotopic (exact) mass is 386 g/mol. The molecule has 1 aliphatic carbocycles. The van der Waals surface area contributed by atoms with Gasteiger partial charge in [0.15, 0.2) is 0 Å². The van der Waals surface area contributed by atoms with Gasteiger partial charge in [-0.3, -0.25) is 4.90 Å². The lowest BCUT2D eigenvalue weighted by atomic mass is 9.96. The normalized spacial score (nSPS) is 20.0. The molecule has 138 valence electrons. The Kier molecular flexibility index (Phi) is 7.66. The summed E-state index contributed by atoms with van der Waals surface area (Å²) >= 11 is 0. The summed E-state index contributed by atoms with van der Waals surface area (Å²) in [5.41, 5.74) is -0.264. The molecule has 3 rings (SSSR count). The van der Waals surface area contributed by atoms with Crippen molar-refractivity contribution < 1.29 is 18.3 Å². The zero-order chi connectivity index (χ0) is 15.7. The minimum absolute atomic E-state index is 0. The Morgan fingerprint density at radius 2 is 1.79 bits per heavy atom. The van der Waals surface area contributed by atoms with Gasteiger partial charge in [-0.1, -0.05) is 12.8 Å². The number of alkyl halides is 3. The number of piperazine rings is 1. The molecule has 1 aromatic rings. The summed E-state index contributed by atoms with van der Waals surface area (Å²) < 4.78 is 38.9. The van der Waals surface area contributed by atoms with Gasteiger partial charge >= 0.3 is 6.18 Å². The van der Waals surface area contributed by atoms with Crippen LogP contribution in [0.1, 0.15) is 36.4 Å². The van der Waals surface area contributed by atoms with E-state index < -0.39 is 11.7 Å². The number of aromatic hydroxyl groups is 1. The highest BCUT2D eigenvalue weighted by molar-refractivity contribution is 5.85. The number of rotatable bonds is 4. The van der Waals surface area contributed by atoms with Crippen molar-refractivity contribution in [3.05, 3.63) is 29.3 Å². The number of benzene rings is 1. The second-order valence-corrected chi connectivity index (χ2v) is 6.25. The molecule has 2 N–H and O–H groups in total. The summed E-state index contributed by atoms with van der Waals surface area (Å²) in [6.45, 7) is 3.27. The third-order valence-corrected chi connectivity index (χ3v) is 4.56. The van der Waals surface area contributed by atoms with E-state index in [4.69, 9.17) is 0 Å². The topological polar surface area (TPSA) is 35.5 Å². The zero-order valence-corrected chi connectivity index (χ0v) is 14.8. The maximum absolute atomic E-state index is 13.0. The molecule has 24 heavy (non-hydrogen) atoms. The van der Waals surface area contributed by atoms with E-state index >= 15 is 0 Å². The van der Waals surface area contributed by atoms with Crippen LogP contribution in [0, 0.1) is 5.92 Å². The Bertz CT molecular complexity index is 533. The molecule has 0 amide bonds. The molecular weight excluding hydrogens is 364 g/mol. The van der Waals surface area contributed by atoms with Crippen LogP contribution in [0.5, 0.6) is 5.75 Å². The standard InChI is InChI=1S/C16H21F3N2O.2ClH/c17-16(18,19)12-3-4-15(22)13(10-12)14(9-11-1-2-11)21-7-5-20-6-8-21;;/h3-4,10-11,14,20,22H,1-2,5-9H2;2*1H/t14-;;/m0../s1. The van der Waals surface area contributed by atoms with Crippen LogP contribution in [0.15, 0.2) is 18.2 Å². The summed E-state index contributed by atoms with van der Waals surface area (Å²) in [5, 5.41) is 13.4. The quantitative estimate of drug-likeness (QED) is 0.820. The van der Waals surface area contributed by atoms with Gasteiger partial charge in [0.05, 0.1) is 5.56 Å². The molecule has 0 unspecified atom stereocenters. The molecular formula is C16H23Cl2F3N2O. The first kappa shape index (κ1) is 21.4. The Morgan fingerprint density at radius 1 is 1.17 bits per heavy atom. The predicted octanol–water partition coefficient (Wildman–Crippen LogP) is 4.00. The zero-order valence-electron chi connectivity index (χ0n) is 13.2. The van der Waals surface area contributed by atoms with E-state index in [1.165, 1.54) is 6.07 Å². The Labute approximate surface area is 152 Å². The molecule has 0 bridgehead atoms. The average molecular weight is 387 g/mol. The number of hydrogen-bond acceptors (Lipinski definition) is 3. The lowest BCUT2D eigenvalue weighted by molar-refractivity contribution is -0.137. The van der Waals surface area contributed by atoms with Gasteiger partial charge in [0.25, 0.3) is 0 Å². The number of hydrogen-bond donors (Lipinski definition) is 2. The molecule has 1 heterocycles. The molecule has 1 saturated carbocycles. The Morgan fingerprint density at radius 3 is 2.33 bits per heavy atom. The van der Waals surface area contributed by atoms with Gasteiger partial charge in [0, 0.05) is 37.8 Å². The summed E-state index contributed by atoms with van der Waals surface area (Å²) in [7, 11) is 0. The van der Waals surface area contributed by atoms with Crippen LogP contribution < -0.4 is 5.32 Å². The fourth-order valence-electron chi connectivity index (χ4n) is 3.13. The number of phenols is 1. The van der Waals surface area contributed by atoms with Gasteiger partial charge in [-0.05, 0) is 30.5 Å². The van der Waals surface area contributed by atoms with Gasteiger partial charge in [-0.25, -0.2) is 0 Å². The first-order valence-electron chi connectivity index (χ1n) is 7.80. The molecule has 1 atom stereocenters.